The average molecular weight is 290 g/mol. The minimum absolute atomic E-state index is 0. The van der Waals surface area contributed by atoms with Gasteiger partial charge in [0.1, 0.15) is 0 Å². The van der Waals surface area contributed by atoms with Crippen LogP contribution in [0.5, 0.6) is 5.75 Å². The molecule has 1 rings (SSSR count). The molecule has 3 N–H and O–H groups in total. The van der Waals surface area contributed by atoms with E-state index in [4.69, 9.17) is 10.5 Å². The number of rotatable bonds is 5. The number of anilines is 1. The van der Waals surface area contributed by atoms with Gasteiger partial charge in [0.15, 0.2) is 5.75 Å². The van der Waals surface area contributed by atoms with Gasteiger partial charge >= 0.3 is 5.69 Å². The zero-order valence-corrected chi connectivity index (χ0v) is 11.4. The van der Waals surface area contributed by atoms with E-state index < -0.39 is 4.92 Å². The second-order valence-electron chi connectivity index (χ2n) is 3.77. The number of hydrogen-bond acceptors (Lipinski definition) is 5. The van der Waals surface area contributed by atoms with Crippen molar-refractivity contribution in [2.75, 3.05) is 19.0 Å². The predicted molar refractivity (Wildman–Crippen MR) is 73.7 cm³/mol. The quantitative estimate of drug-likeness (QED) is 0.632. The van der Waals surface area contributed by atoms with Gasteiger partial charge in [0.05, 0.1) is 12.0 Å². The third-order valence-electron chi connectivity index (χ3n) is 2.44. The third-order valence-corrected chi connectivity index (χ3v) is 2.44. The average Bonchev–Trinajstić information content (AvgIpc) is 2.37. The van der Waals surface area contributed by atoms with Gasteiger partial charge in [-0.3, -0.25) is 14.9 Å². The van der Waals surface area contributed by atoms with E-state index in [1.54, 1.807) is 6.92 Å². The van der Waals surface area contributed by atoms with E-state index in [1.165, 1.54) is 25.3 Å². The van der Waals surface area contributed by atoms with Gasteiger partial charge in [-0.2, -0.15) is 0 Å². The molecule has 0 heterocycles. The minimum atomic E-state index is -0.569. The molecule has 0 aromatic heterocycles. The predicted octanol–water partition coefficient (Wildman–Crippen LogP) is 1.56. The third kappa shape index (κ3) is 4.38. The van der Waals surface area contributed by atoms with Gasteiger partial charge in [0, 0.05) is 24.2 Å². The Balaban J connectivity index is 0.00000324. The normalized spacial score (nSPS) is 11.1. The topological polar surface area (TPSA) is 107 Å². The Morgan fingerprint density at radius 3 is 2.68 bits per heavy atom. The molecule has 0 fully saturated rings. The maximum Gasteiger partial charge on any atom is 0.312 e. The molecule has 106 valence electrons. The van der Waals surface area contributed by atoms with Gasteiger partial charge in [0.2, 0.25) is 5.91 Å². The van der Waals surface area contributed by atoms with Crippen molar-refractivity contribution < 1.29 is 14.5 Å². The highest BCUT2D eigenvalue weighted by molar-refractivity contribution is 5.92. The number of methoxy groups -OCH3 is 1. The number of benzene rings is 1. The van der Waals surface area contributed by atoms with Crippen LogP contribution in [0.4, 0.5) is 11.4 Å². The summed E-state index contributed by atoms with van der Waals surface area (Å²) in [6.07, 6.45) is 0. The van der Waals surface area contributed by atoms with Crippen LogP contribution in [0.3, 0.4) is 0 Å². The summed E-state index contributed by atoms with van der Waals surface area (Å²) >= 11 is 0. The summed E-state index contributed by atoms with van der Waals surface area (Å²) in [5.74, 6) is -0.493. The molecule has 7 nitrogen and oxygen atoms in total. The fourth-order valence-electron chi connectivity index (χ4n) is 1.28. The first-order chi connectivity index (χ1) is 8.49. The first kappa shape index (κ1) is 17.1. The number of carbonyl (C=O) groups is 1. The van der Waals surface area contributed by atoms with E-state index in [-0.39, 0.29) is 42.2 Å². The number of nitro benzene ring substituents is 1. The van der Waals surface area contributed by atoms with Crippen LogP contribution in [0.15, 0.2) is 18.2 Å². The van der Waals surface area contributed by atoms with Crippen molar-refractivity contribution in [1.29, 1.82) is 0 Å². The first-order valence-corrected chi connectivity index (χ1v) is 5.33. The van der Waals surface area contributed by atoms with Crippen LogP contribution in [-0.4, -0.2) is 24.5 Å². The molecule has 1 unspecified atom stereocenters. The van der Waals surface area contributed by atoms with Gasteiger partial charge in [-0.05, 0) is 12.1 Å². The minimum Gasteiger partial charge on any atom is -0.490 e. The second-order valence-corrected chi connectivity index (χ2v) is 3.77. The molecule has 0 aliphatic heterocycles. The van der Waals surface area contributed by atoms with Crippen LogP contribution in [0.2, 0.25) is 0 Å². The number of nitrogens with two attached hydrogens (primary N) is 1. The van der Waals surface area contributed by atoms with Crippen molar-refractivity contribution in [2.24, 2.45) is 11.7 Å². The number of ether oxygens (including phenoxy) is 1. The molecule has 0 saturated carbocycles. The highest BCUT2D eigenvalue weighted by Gasteiger charge is 2.17. The van der Waals surface area contributed by atoms with Crippen molar-refractivity contribution in [3.8, 4) is 5.75 Å². The molecule has 8 heteroatoms. The molecule has 0 spiro atoms. The van der Waals surface area contributed by atoms with Gasteiger partial charge in [-0.15, -0.1) is 12.4 Å². The fourth-order valence-corrected chi connectivity index (χ4v) is 1.28. The largest absolute Gasteiger partial charge is 0.490 e. The summed E-state index contributed by atoms with van der Waals surface area (Å²) in [5, 5.41) is 13.4. The number of nitrogens with one attached hydrogen (secondary N) is 1. The maximum absolute atomic E-state index is 11.6. The van der Waals surface area contributed by atoms with E-state index in [0.717, 1.165) is 0 Å². The van der Waals surface area contributed by atoms with Gasteiger partial charge in [-0.1, -0.05) is 6.92 Å². The molecule has 0 bridgehead atoms. The number of nitro groups is 1. The lowest BCUT2D eigenvalue weighted by Gasteiger charge is -2.10. The smallest absolute Gasteiger partial charge is 0.312 e. The van der Waals surface area contributed by atoms with Crippen molar-refractivity contribution in [3.63, 3.8) is 0 Å². The number of amides is 1. The summed E-state index contributed by atoms with van der Waals surface area (Å²) in [6, 6.07) is 4.22. The molecular weight excluding hydrogens is 274 g/mol. The molecular formula is C11H16ClN3O4. The van der Waals surface area contributed by atoms with Crippen LogP contribution in [0.1, 0.15) is 6.92 Å². The number of halogens is 1. The Labute approximate surface area is 116 Å². The van der Waals surface area contributed by atoms with Crippen LogP contribution in [0, 0.1) is 16.0 Å². The van der Waals surface area contributed by atoms with Crippen LogP contribution < -0.4 is 15.8 Å². The summed E-state index contributed by atoms with van der Waals surface area (Å²) in [7, 11) is 1.34. The second kappa shape index (κ2) is 7.55. The lowest BCUT2D eigenvalue weighted by Crippen LogP contribution is -2.26. The summed E-state index contributed by atoms with van der Waals surface area (Å²) < 4.78 is 4.86. The first-order valence-electron chi connectivity index (χ1n) is 5.33. The number of nitrogens with zero attached hydrogens (tertiary/aromatic N) is 1. The lowest BCUT2D eigenvalue weighted by molar-refractivity contribution is -0.385. The lowest BCUT2D eigenvalue weighted by atomic mass is 10.1. The standard InChI is InChI=1S/C11H15N3O4.ClH/c1-7(6-12)11(15)13-8-3-4-10(18-2)9(5-8)14(16)17;/h3-5,7H,6,12H2,1-2H3,(H,13,15);1H. The molecule has 1 atom stereocenters. The van der Waals surface area contributed by atoms with E-state index in [0.29, 0.717) is 5.69 Å². The molecule has 1 amide bonds. The van der Waals surface area contributed by atoms with E-state index in [9.17, 15) is 14.9 Å². The Kier molecular flexibility index (Phi) is 6.81. The molecule has 0 aliphatic rings. The Morgan fingerprint density at radius 2 is 2.21 bits per heavy atom. The van der Waals surface area contributed by atoms with Crippen molar-refractivity contribution in [2.45, 2.75) is 6.92 Å². The number of carbonyl (C=O) groups excluding carboxylic acids is 1. The Hall–Kier alpha value is -1.86. The molecule has 0 radical (unpaired) electrons. The molecule has 1 aromatic carbocycles. The van der Waals surface area contributed by atoms with Crippen LogP contribution >= 0.6 is 12.4 Å². The van der Waals surface area contributed by atoms with Crippen LogP contribution in [-0.2, 0) is 4.79 Å². The molecule has 19 heavy (non-hydrogen) atoms. The Bertz CT molecular complexity index is 467. The van der Waals surface area contributed by atoms with Crippen LogP contribution in [0.25, 0.3) is 0 Å². The highest BCUT2D eigenvalue weighted by atomic mass is 35.5. The Morgan fingerprint density at radius 1 is 1.58 bits per heavy atom. The van der Waals surface area contributed by atoms with Crippen molar-refractivity contribution in [3.05, 3.63) is 28.3 Å². The van der Waals surface area contributed by atoms with E-state index in [2.05, 4.69) is 5.32 Å². The number of hydrogen-bond donors (Lipinski definition) is 2. The van der Waals surface area contributed by atoms with Gasteiger partial charge in [-0.25, -0.2) is 0 Å². The SMILES string of the molecule is COc1ccc(NC(=O)C(C)CN)cc1[N+](=O)[O-].Cl. The van der Waals surface area contributed by atoms with E-state index >= 15 is 0 Å². The van der Waals surface area contributed by atoms with E-state index in [1.807, 2.05) is 0 Å². The summed E-state index contributed by atoms with van der Waals surface area (Å²) in [5.41, 5.74) is 5.50. The van der Waals surface area contributed by atoms with Gasteiger partial charge in [0.25, 0.3) is 0 Å². The van der Waals surface area contributed by atoms with Crippen molar-refractivity contribution >= 4 is 29.7 Å². The fraction of sp³-hybridized carbons (Fsp3) is 0.364. The highest BCUT2D eigenvalue weighted by Crippen LogP contribution is 2.29. The van der Waals surface area contributed by atoms with Crippen molar-refractivity contribution in [1.82, 2.24) is 0 Å². The zero-order valence-electron chi connectivity index (χ0n) is 10.6. The molecule has 0 saturated heterocycles. The monoisotopic (exact) mass is 289 g/mol. The van der Waals surface area contributed by atoms with Gasteiger partial charge < -0.3 is 15.8 Å². The molecule has 1 aromatic rings. The zero-order chi connectivity index (χ0) is 13.7. The molecule has 0 aliphatic carbocycles. The maximum atomic E-state index is 11.6. The summed E-state index contributed by atoms with van der Waals surface area (Å²) in [6.45, 7) is 1.89. The summed E-state index contributed by atoms with van der Waals surface area (Å²) in [4.78, 5) is 21.8.